The minimum Gasteiger partial charge on any atom is -0.388 e. The number of nitrogens with zero attached hydrogens (tertiary/aromatic N) is 1. The van der Waals surface area contributed by atoms with Gasteiger partial charge >= 0.3 is 0 Å². The lowest BCUT2D eigenvalue weighted by atomic mass is 9.87. The van der Waals surface area contributed by atoms with Crippen LogP contribution in [-0.4, -0.2) is 29.0 Å². The van der Waals surface area contributed by atoms with Crippen LogP contribution >= 0.6 is 0 Å². The Balaban J connectivity index is 1.58. The molecule has 0 aromatic heterocycles. The Morgan fingerprint density at radius 3 is 2.36 bits per heavy atom. The van der Waals surface area contributed by atoms with Gasteiger partial charge in [-0.25, -0.2) is 0 Å². The molecule has 3 heteroatoms. The Hall–Kier alpha value is -1.61. The Kier molecular flexibility index (Phi) is 5.06. The summed E-state index contributed by atoms with van der Waals surface area (Å²) in [6.07, 6.45) is 3.59. The van der Waals surface area contributed by atoms with Crippen LogP contribution in [0.5, 0.6) is 0 Å². The molecule has 0 spiro atoms. The first kappa shape index (κ1) is 18.2. The van der Waals surface area contributed by atoms with Crippen LogP contribution in [0.15, 0.2) is 42.0 Å². The molecule has 3 rings (SSSR count). The van der Waals surface area contributed by atoms with Gasteiger partial charge in [-0.2, -0.15) is 0 Å². The van der Waals surface area contributed by atoms with Gasteiger partial charge in [0.05, 0.1) is 12.0 Å². The van der Waals surface area contributed by atoms with Gasteiger partial charge in [0.15, 0.2) is 0 Å². The molecule has 1 amide bonds. The van der Waals surface area contributed by atoms with Crippen molar-refractivity contribution in [3.63, 3.8) is 0 Å². The summed E-state index contributed by atoms with van der Waals surface area (Å²) in [4.78, 5) is 15.0. The van der Waals surface area contributed by atoms with Crippen LogP contribution in [0, 0.1) is 23.2 Å². The molecular formula is C22H31NO2. The number of piperidine rings is 1. The van der Waals surface area contributed by atoms with Gasteiger partial charge in [-0.05, 0) is 49.5 Å². The molecule has 0 radical (unpaired) electrons. The number of hydrogen-bond donors (Lipinski definition) is 1. The highest BCUT2D eigenvalue weighted by Crippen LogP contribution is 2.60. The van der Waals surface area contributed by atoms with Crippen molar-refractivity contribution in [3.8, 4) is 0 Å². The first-order chi connectivity index (χ1) is 11.8. The fourth-order valence-corrected chi connectivity index (χ4v) is 4.37. The zero-order chi connectivity index (χ0) is 18.2. The number of amides is 1. The molecule has 3 unspecified atom stereocenters. The standard InChI is InChI=1S/C22H31NO2/c1-15(2)14-18-19(22(18,3)4)21(25)23-12-10-17(11-13-23)20(24)16-8-6-5-7-9-16/h5-9,14,17-20,24H,10-13H2,1-4H3. The minimum absolute atomic E-state index is 0.0781. The minimum atomic E-state index is -0.422. The van der Waals surface area contributed by atoms with E-state index < -0.39 is 6.10 Å². The molecule has 25 heavy (non-hydrogen) atoms. The molecule has 1 aliphatic carbocycles. The third kappa shape index (κ3) is 3.67. The largest absolute Gasteiger partial charge is 0.388 e. The summed E-state index contributed by atoms with van der Waals surface area (Å²) < 4.78 is 0. The van der Waals surface area contributed by atoms with E-state index in [0.29, 0.717) is 11.8 Å². The van der Waals surface area contributed by atoms with Crippen molar-refractivity contribution in [1.29, 1.82) is 0 Å². The van der Waals surface area contributed by atoms with E-state index in [1.165, 1.54) is 5.57 Å². The lowest BCUT2D eigenvalue weighted by Gasteiger charge is -2.34. The second-order valence-electron chi connectivity index (χ2n) is 8.59. The van der Waals surface area contributed by atoms with E-state index in [0.717, 1.165) is 31.5 Å². The number of carbonyl (C=O) groups is 1. The van der Waals surface area contributed by atoms with E-state index in [1.807, 2.05) is 35.2 Å². The van der Waals surface area contributed by atoms with Gasteiger partial charge < -0.3 is 10.0 Å². The van der Waals surface area contributed by atoms with E-state index >= 15 is 0 Å². The molecule has 1 saturated heterocycles. The van der Waals surface area contributed by atoms with Crippen molar-refractivity contribution < 1.29 is 9.90 Å². The van der Waals surface area contributed by atoms with E-state index in [-0.39, 0.29) is 17.3 Å². The highest BCUT2D eigenvalue weighted by Gasteiger charge is 2.61. The van der Waals surface area contributed by atoms with Crippen LogP contribution < -0.4 is 0 Å². The Labute approximate surface area is 151 Å². The molecule has 1 N–H and O–H groups in total. The molecule has 136 valence electrons. The second-order valence-corrected chi connectivity index (χ2v) is 8.59. The fourth-order valence-electron chi connectivity index (χ4n) is 4.37. The highest BCUT2D eigenvalue weighted by atomic mass is 16.3. The van der Waals surface area contributed by atoms with E-state index in [2.05, 4.69) is 33.8 Å². The van der Waals surface area contributed by atoms with Crippen LogP contribution in [0.2, 0.25) is 0 Å². The molecule has 3 nitrogen and oxygen atoms in total. The average Bonchev–Trinajstić information content (AvgIpc) is 3.14. The molecule has 1 aliphatic heterocycles. The van der Waals surface area contributed by atoms with Gasteiger partial charge in [0.25, 0.3) is 0 Å². The number of aliphatic hydroxyl groups is 1. The maximum absolute atomic E-state index is 12.9. The summed E-state index contributed by atoms with van der Waals surface area (Å²) in [5, 5.41) is 10.6. The van der Waals surface area contributed by atoms with Gasteiger partial charge in [-0.3, -0.25) is 4.79 Å². The molecule has 1 heterocycles. The highest BCUT2D eigenvalue weighted by molar-refractivity contribution is 5.84. The first-order valence-electron chi connectivity index (χ1n) is 9.49. The quantitative estimate of drug-likeness (QED) is 0.834. The molecular weight excluding hydrogens is 310 g/mol. The van der Waals surface area contributed by atoms with Crippen molar-refractivity contribution >= 4 is 5.91 Å². The van der Waals surface area contributed by atoms with Crippen LogP contribution in [0.25, 0.3) is 0 Å². The molecule has 1 aromatic carbocycles. The summed E-state index contributed by atoms with van der Waals surface area (Å²) in [7, 11) is 0. The Morgan fingerprint density at radius 1 is 1.20 bits per heavy atom. The average molecular weight is 341 g/mol. The topological polar surface area (TPSA) is 40.5 Å². The number of rotatable bonds is 4. The number of benzene rings is 1. The summed E-state index contributed by atoms with van der Waals surface area (Å²) in [6, 6.07) is 9.88. The van der Waals surface area contributed by atoms with Gasteiger partial charge in [-0.1, -0.05) is 55.8 Å². The van der Waals surface area contributed by atoms with Gasteiger partial charge in [-0.15, -0.1) is 0 Å². The normalized spacial score (nSPS) is 26.8. The number of likely N-dealkylation sites (tertiary alicyclic amines) is 1. The van der Waals surface area contributed by atoms with Crippen LogP contribution in [0.1, 0.15) is 52.2 Å². The van der Waals surface area contributed by atoms with Crippen molar-refractivity contribution in [3.05, 3.63) is 47.5 Å². The molecule has 1 saturated carbocycles. The molecule has 0 bridgehead atoms. The van der Waals surface area contributed by atoms with Gasteiger partial charge in [0.2, 0.25) is 5.91 Å². The van der Waals surface area contributed by atoms with Crippen molar-refractivity contribution in [2.24, 2.45) is 23.2 Å². The predicted molar refractivity (Wildman–Crippen MR) is 101 cm³/mol. The third-order valence-electron chi connectivity index (χ3n) is 6.13. The van der Waals surface area contributed by atoms with E-state index in [4.69, 9.17) is 0 Å². The summed E-state index contributed by atoms with van der Waals surface area (Å²) in [5.74, 6) is 1.04. The molecule has 2 fully saturated rings. The van der Waals surface area contributed by atoms with Crippen LogP contribution in [0.3, 0.4) is 0 Å². The maximum Gasteiger partial charge on any atom is 0.226 e. The van der Waals surface area contributed by atoms with Gasteiger partial charge in [0.1, 0.15) is 0 Å². The lowest BCUT2D eigenvalue weighted by Crippen LogP contribution is -2.41. The van der Waals surface area contributed by atoms with E-state index in [1.54, 1.807) is 0 Å². The third-order valence-corrected chi connectivity index (χ3v) is 6.13. The maximum atomic E-state index is 12.9. The second kappa shape index (κ2) is 6.95. The van der Waals surface area contributed by atoms with Crippen LogP contribution in [-0.2, 0) is 4.79 Å². The fraction of sp³-hybridized carbons (Fsp3) is 0.591. The zero-order valence-electron chi connectivity index (χ0n) is 15.9. The van der Waals surface area contributed by atoms with Gasteiger partial charge in [0, 0.05) is 13.1 Å². The lowest BCUT2D eigenvalue weighted by molar-refractivity contribution is -0.135. The zero-order valence-corrected chi connectivity index (χ0v) is 15.9. The van der Waals surface area contributed by atoms with Crippen LogP contribution in [0.4, 0.5) is 0 Å². The van der Waals surface area contributed by atoms with Crippen molar-refractivity contribution in [2.75, 3.05) is 13.1 Å². The van der Waals surface area contributed by atoms with Crippen molar-refractivity contribution in [1.82, 2.24) is 4.90 Å². The number of allylic oxidation sites excluding steroid dienone is 2. The summed E-state index contributed by atoms with van der Waals surface area (Å²) >= 11 is 0. The monoisotopic (exact) mass is 341 g/mol. The number of aliphatic hydroxyl groups excluding tert-OH is 1. The molecule has 3 atom stereocenters. The predicted octanol–water partition coefficient (Wildman–Crippen LogP) is 4.20. The number of hydrogen-bond acceptors (Lipinski definition) is 2. The number of carbonyl (C=O) groups excluding carboxylic acids is 1. The summed E-state index contributed by atoms with van der Waals surface area (Å²) in [6.45, 7) is 10.1. The molecule has 2 aliphatic rings. The van der Waals surface area contributed by atoms with E-state index in [9.17, 15) is 9.90 Å². The SMILES string of the molecule is CC(C)=CC1C(C(=O)N2CCC(C(O)c3ccccc3)CC2)C1(C)C. The Morgan fingerprint density at radius 2 is 1.80 bits per heavy atom. The first-order valence-corrected chi connectivity index (χ1v) is 9.49. The Bertz CT molecular complexity index is 637. The van der Waals surface area contributed by atoms with Crippen molar-refractivity contribution in [2.45, 2.75) is 46.6 Å². The summed E-state index contributed by atoms with van der Waals surface area (Å²) in [5.41, 5.74) is 2.35. The molecule has 1 aromatic rings. The smallest absolute Gasteiger partial charge is 0.226 e.